The standard InChI is InChI=1S/C17H12FNO3S2/c1-22-14-8-10(2-7-13(14)20)9-15-16(21)19(17(23)24-15)12-5-3-11(18)4-6-12/h2-9,20H,1H3/b15-9+. The fourth-order valence-corrected chi connectivity index (χ4v) is 3.51. The lowest BCUT2D eigenvalue weighted by atomic mass is 10.2. The molecule has 3 rings (SSSR count). The van der Waals surface area contributed by atoms with Gasteiger partial charge in [-0.1, -0.05) is 30.0 Å². The number of benzene rings is 2. The van der Waals surface area contributed by atoms with Crippen molar-refractivity contribution in [2.75, 3.05) is 12.0 Å². The van der Waals surface area contributed by atoms with E-state index < -0.39 is 0 Å². The number of rotatable bonds is 3. The lowest BCUT2D eigenvalue weighted by Crippen LogP contribution is -2.27. The van der Waals surface area contributed by atoms with Gasteiger partial charge in [-0.15, -0.1) is 0 Å². The van der Waals surface area contributed by atoms with Crippen molar-refractivity contribution in [3.8, 4) is 11.5 Å². The first-order valence-electron chi connectivity index (χ1n) is 6.90. The predicted octanol–water partition coefficient (Wildman–Crippen LogP) is 3.95. The summed E-state index contributed by atoms with van der Waals surface area (Å²) >= 11 is 6.43. The van der Waals surface area contributed by atoms with Crippen LogP contribution < -0.4 is 9.64 Å². The average Bonchev–Trinajstić information content (AvgIpc) is 2.84. The number of amides is 1. The molecule has 0 aromatic heterocycles. The van der Waals surface area contributed by atoms with E-state index in [1.54, 1.807) is 18.2 Å². The lowest BCUT2D eigenvalue weighted by Gasteiger charge is -2.14. The molecule has 1 amide bonds. The number of hydrogen-bond donors (Lipinski definition) is 1. The summed E-state index contributed by atoms with van der Waals surface area (Å²) in [6.07, 6.45) is 1.67. The van der Waals surface area contributed by atoms with Crippen LogP contribution in [0.3, 0.4) is 0 Å². The van der Waals surface area contributed by atoms with Crippen molar-refractivity contribution in [3.05, 3.63) is 58.8 Å². The van der Waals surface area contributed by atoms with Gasteiger partial charge < -0.3 is 9.84 Å². The monoisotopic (exact) mass is 361 g/mol. The Morgan fingerprint density at radius 3 is 2.62 bits per heavy atom. The molecule has 0 radical (unpaired) electrons. The van der Waals surface area contributed by atoms with E-state index in [9.17, 15) is 14.3 Å². The molecule has 7 heteroatoms. The van der Waals surface area contributed by atoms with Gasteiger partial charge in [-0.05, 0) is 48.0 Å². The summed E-state index contributed by atoms with van der Waals surface area (Å²) in [6.45, 7) is 0. The summed E-state index contributed by atoms with van der Waals surface area (Å²) in [5.74, 6) is -0.314. The van der Waals surface area contributed by atoms with E-state index in [2.05, 4.69) is 0 Å². The molecule has 4 nitrogen and oxygen atoms in total. The van der Waals surface area contributed by atoms with Gasteiger partial charge in [0.2, 0.25) is 0 Å². The average molecular weight is 361 g/mol. The minimum atomic E-state index is -0.379. The number of nitrogens with zero attached hydrogens (tertiary/aromatic N) is 1. The number of methoxy groups -OCH3 is 1. The molecule has 122 valence electrons. The minimum absolute atomic E-state index is 0.0218. The Bertz CT molecular complexity index is 849. The summed E-state index contributed by atoms with van der Waals surface area (Å²) in [5, 5.41) is 9.63. The van der Waals surface area contributed by atoms with E-state index in [1.165, 1.54) is 54.1 Å². The largest absolute Gasteiger partial charge is 0.504 e. The zero-order valence-corrected chi connectivity index (χ0v) is 14.2. The van der Waals surface area contributed by atoms with Crippen molar-refractivity contribution in [1.29, 1.82) is 0 Å². The smallest absolute Gasteiger partial charge is 0.270 e. The Labute approximate surface area is 147 Å². The molecule has 0 bridgehead atoms. The van der Waals surface area contributed by atoms with Crippen LogP contribution in [0.15, 0.2) is 47.4 Å². The van der Waals surface area contributed by atoms with Crippen LogP contribution in [0.2, 0.25) is 0 Å². The van der Waals surface area contributed by atoms with Gasteiger partial charge in [-0.2, -0.15) is 0 Å². The Kier molecular flexibility index (Phi) is 4.55. The molecular weight excluding hydrogens is 349 g/mol. The minimum Gasteiger partial charge on any atom is -0.504 e. The molecule has 0 spiro atoms. The molecule has 1 N–H and O–H groups in total. The van der Waals surface area contributed by atoms with E-state index in [1.807, 2.05) is 0 Å². The number of aromatic hydroxyl groups is 1. The van der Waals surface area contributed by atoms with Gasteiger partial charge in [-0.3, -0.25) is 9.69 Å². The van der Waals surface area contributed by atoms with Crippen LogP contribution in [0, 0.1) is 5.82 Å². The third kappa shape index (κ3) is 3.13. The van der Waals surface area contributed by atoms with Gasteiger partial charge in [-0.25, -0.2) is 4.39 Å². The number of thioether (sulfide) groups is 1. The number of hydrogen-bond acceptors (Lipinski definition) is 5. The van der Waals surface area contributed by atoms with E-state index >= 15 is 0 Å². The topological polar surface area (TPSA) is 49.8 Å². The first-order chi connectivity index (χ1) is 11.5. The van der Waals surface area contributed by atoms with E-state index in [-0.39, 0.29) is 17.5 Å². The maximum absolute atomic E-state index is 13.1. The van der Waals surface area contributed by atoms with Crippen LogP contribution in [0.1, 0.15) is 5.56 Å². The van der Waals surface area contributed by atoms with Crippen molar-refractivity contribution < 1.29 is 19.0 Å². The lowest BCUT2D eigenvalue weighted by molar-refractivity contribution is -0.113. The van der Waals surface area contributed by atoms with Crippen molar-refractivity contribution in [1.82, 2.24) is 0 Å². The van der Waals surface area contributed by atoms with Gasteiger partial charge in [0.15, 0.2) is 15.8 Å². The van der Waals surface area contributed by atoms with E-state index in [0.717, 1.165) is 0 Å². The van der Waals surface area contributed by atoms with E-state index in [4.69, 9.17) is 17.0 Å². The Morgan fingerprint density at radius 2 is 1.96 bits per heavy atom. The van der Waals surface area contributed by atoms with Crippen LogP contribution in [0.4, 0.5) is 10.1 Å². The van der Waals surface area contributed by atoms with Crippen LogP contribution >= 0.6 is 24.0 Å². The number of phenols is 1. The second-order valence-electron chi connectivity index (χ2n) is 4.92. The van der Waals surface area contributed by atoms with Gasteiger partial charge >= 0.3 is 0 Å². The molecule has 0 atom stereocenters. The normalized spacial score (nSPS) is 16.1. The van der Waals surface area contributed by atoms with Crippen LogP contribution in [0.5, 0.6) is 11.5 Å². The fraction of sp³-hybridized carbons (Fsp3) is 0.0588. The van der Waals surface area contributed by atoms with Gasteiger partial charge in [0, 0.05) is 0 Å². The number of phenolic OH excluding ortho intramolecular Hbond substituents is 1. The molecule has 2 aromatic rings. The molecule has 1 fully saturated rings. The van der Waals surface area contributed by atoms with Crippen molar-refractivity contribution in [2.45, 2.75) is 0 Å². The van der Waals surface area contributed by atoms with Crippen molar-refractivity contribution in [2.24, 2.45) is 0 Å². The summed E-state index contributed by atoms with van der Waals surface area (Å²) in [6, 6.07) is 10.4. The number of anilines is 1. The predicted molar refractivity (Wildman–Crippen MR) is 96.7 cm³/mol. The van der Waals surface area contributed by atoms with Gasteiger partial charge in [0.1, 0.15) is 5.82 Å². The Hall–Kier alpha value is -2.38. The highest BCUT2D eigenvalue weighted by Crippen LogP contribution is 2.37. The second kappa shape index (κ2) is 6.62. The fourth-order valence-electron chi connectivity index (χ4n) is 2.22. The zero-order chi connectivity index (χ0) is 17.3. The highest BCUT2D eigenvalue weighted by atomic mass is 32.2. The zero-order valence-electron chi connectivity index (χ0n) is 12.5. The number of carbonyl (C=O) groups excluding carboxylic acids is 1. The quantitative estimate of drug-likeness (QED) is 0.663. The summed E-state index contributed by atoms with van der Waals surface area (Å²) in [7, 11) is 1.45. The molecule has 0 aliphatic carbocycles. The number of thiocarbonyl (C=S) groups is 1. The highest BCUT2D eigenvalue weighted by Gasteiger charge is 2.33. The molecule has 1 aliphatic rings. The molecule has 0 unspecified atom stereocenters. The van der Waals surface area contributed by atoms with Crippen molar-refractivity contribution in [3.63, 3.8) is 0 Å². The maximum Gasteiger partial charge on any atom is 0.270 e. The molecular formula is C17H12FNO3S2. The SMILES string of the molecule is COc1cc(/C=C2/SC(=S)N(c3ccc(F)cc3)C2=O)ccc1O. The summed E-state index contributed by atoms with van der Waals surface area (Å²) < 4.78 is 18.5. The second-order valence-corrected chi connectivity index (χ2v) is 6.60. The number of carbonyl (C=O) groups is 1. The molecule has 24 heavy (non-hydrogen) atoms. The number of halogens is 1. The van der Waals surface area contributed by atoms with Crippen LogP contribution in [-0.4, -0.2) is 22.4 Å². The molecule has 1 aliphatic heterocycles. The third-order valence-electron chi connectivity index (χ3n) is 3.38. The van der Waals surface area contributed by atoms with Gasteiger partial charge in [0.25, 0.3) is 5.91 Å². The van der Waals surface area contributed by atoms with Crippen LogP contribution in [0.25, 0.3) is 6.08 Å². The summed E-state index contributed by atoms with van der Waals surface area (Å²) in [5.41, 5.74) is 1.22. The Morgan fingerprint density at radius 1 is 1.25 bits per heavy atom. The number of ether oxygens (including phenoxy) is 1. The van der Waals surface area contributed by atoms with E-state index in [0.29, 0.717) is 26.2 Å². The molecule has 2 aromatic carbocycles. The summed E-state index contributed by atoms with van der Waals surface area (Å²) in [4.78, 5) is 14.4. The highest BCUT2D eigenvalue weighted by molar-refractivity contribution is 8.27. The van der Waals surface area contributed by atoms with Crippen LogP contribution in [-0.2, 0) is 4.79 Å². The molecule has 1 saturated heterocycles. The van der Waals surface area contributed by atoms with Gasteiger partial charge in [0.05, 0.1) is 17.7 Å². The van der Waals surface area contributed by atoms with Crippen molar-refractivity contribution >= 4 is 46.0 Å². The first kappa shape index (κ1) is 16.5. The first-order valence-corrected chi connectivity index (χ1v) is 8.12. The third-order valence-corrected chi connectivity index (χ3v) is 4.68. The molecule has 1 heterocycles. The maximum atomic E-state index is 13.1. The molecule has 0 saturated carbocycles. The Balaban J connectivity index is 1.92.